The molecule has 0 rings (SSSR count). The van der Waals surface area contributed by atoms with E-state index in [0.717, 1.165) is 25.4 Å². The van der Waals surface area contributed by atoms with Gasteiger partial charge >= 0.3 is 8.80 Å². The van der Waals surface area contributed by atoms with E-state index in [9.17, 15) is 4.79 Å². The zero-order chi connectivity index (χ0) is 32.1. The molecular weight excluding hydrogens is 623 g/mol. The predicted molar refractivity (Wildman–Crippen MR) is 199 cm³/mol. The molecule has 0 fully saturated rings. The van der Waals surface area contributed by atoms with Crippen LogP contribution in [0.1, 0.15) is 89.9 Å². The standard InChI is InChI=1S/C30H73NO5Si6/c1-31(30-32)26-22-18-14-12-13-15-19-23-27-40(8,9)36-41(10,11)28-24-20-16-17-21-25-29-42(33-37(2)3,34-38(4)5)35-39(6)7/h30,37-39H,12-29H2,1-11H3. The van der Waals surface area contributed by atoms with Crippen LogP contribution in [0.15, 0.2) is 0 Å². The Labute approximate surface area is 271 Å². The molecule has 0 aromatic carbocycles. The summed E-state index contributed by atoms with van der Waals surface area (Å²) in [7, 11) is -7.36. The van der Waals surface area contributed by atoms with Crippen LogP contribution in [0.4, 0.5) is 0 Å². The van der Waals surface area contributed by atoms with Crippen molar-refractivity contribution < 1.29 is 21.3 Å². The molecular formula is C30H73NO5Si6. The summed E-state index contributed by atoms with van der Waals surface area (Å²) in [5.74, 6) is 0. The van der Waals surface area contributed by atoms with Gasteiger partial charge in [0.2, 0.25) is 6.41 Å². The molecule has 252 valence electrons. The number of unbranched alkanes of at least 4 members (excludes halogenated alkanes) is 12. The zero-order valence-electron chi connectivity index (χ0n) is 30.0. The molecule has 0 N–H and O–H groups in total. The Bertz CT molecular complexity index is 644. The summed E-state index contributed by atoms with van der Waals surface area (Å²) < 4.78 is 26.5. The highest BCUT2D eigenvalue weighted by molar-refractivity contribution is 6.84. The molecule has 0 aromatic heterocycles. The molecule has 0 saturated carbocycles. The van der Waals surface area contributed by atoms with Crippen LogP contribution in [0.25, 0.3) is 0 Å². The molecule has 0 unspecified atom stereocenters. The topological polar surface area (TPSA) is 57.2 Å². The van der Waals surface area contributed by atoms with E-state index in [2.05, 4.69) is 65.5 Å². The molecule has 12 heteroatoms. The van der Waals surface area contributed by atoms with Crippen LogP contribution in [0.2, 0.25) is 83.6 Å². The fourth-order valence-corrected chi connectivity index (χ4v) is 27.7. The average molecular weight is 696 g/mol. The maximum atomic E-state index is 10.6. The van der Waals surface area contributed by atoms with Crippen LogP contribution in [0.3, 0.4) is 0 Å². The first kappa shape index (κ1) is 42.6. The smallest absolute Gasteiger partial charge is 0.455 e. The molecule has 0 bridgehead atoms. The maximum Gasteiger partial charge on any atom is 0.468 e. The van der Waals surface area contributed by atoms with E-state index in [1.807, 2.05) is 7.05 Å². The molecule has 0 radical (unpaired) electrons. The first-order chi connectivity index (χ1) is 19.6. The van der Waals surface area contributed by atoms with Crippen molar-refractivity contribution in [3.8, 4) is 0 Å². The van der Waals surface area contributed by atoms with Gasteiger partial charge in [-0.3, -0.25) is 4.79 Å². The highest BCUT2D eigenvalue weighted by atomic mass is 28.5. The third-order valence-electron chi connectivity index (χ3n) is 7.53. The number of hydrogen-bond donors (Lipinski definition) is 0. The Hall–Kier alpha value is 0.611. The zero-order valence-corrected chi connectivity index (χ0v) is 36.5. The SMILES string of the molecule is CN(C=O)CCCCCCCCCC[Si](C)(C)O[Si](C)(C)CCCCCCCC[Si](O[SiH](C)C)(O[SiH](C)C)O[SiH](C)C. The van der Waals surface area contributed by atoms with Crippen molar-refractivity contribution in [2.75, 3.05) is 13.6 Å². The molecule has 1 amide bonds. The fourth-order valence-electron chi connectivity index (χ4n) is 5.81. The number of nitrogens with zero attached hydrogens (tertiary/aromatic N) is 1. The number of carbonyl (C=O) groups is 1. The van der Waals surface area contributed by atoms with Gasteiger partial charge in [-0.25, -0.2) is 0 Å². The van der Waals surface area contributed by atoms with Crippen LogP contribution in [0, 0.1) is 0 Å². The second-order valence-electron chi connectivity index (χ2n) is 14.6. The summed E-state index contributed by atoms with van der Waals surface area (Å²) in [6, 6.07) is 3.62. The van der Waals surface area contributed by atoms with Crippen LogP contribution in [-0.2, 0) is 21.3 Å². The second kappa shape index (κ2) is 23.9. The Morgan fingerprint density at radius 2 is 0.833 bits per heavy atom. The molecule has 0 heterocycles. The van der Waals surface area contributed by atoms with Gasteiger partial charge in [-0.05, 0) is 90.4 Å². The van der Waals surface area contributed by atoms with Gasteiger partial charge in [-0.15, -0.1) is 0 Å². The average Bonchev–Trinajstić information content (AvgIpc) is 2.84. The Morgan fingerprint density at radius 1 is 0.524 bits per heavy atom. The van der Waals surface area contributed by atoms with Crippen molar-refractivity contribution in [1.29, 1.82) is 0 Å². The van der Waals surface area contributed by atoms with Gasteiger partial charge in [0, 0.05) is 19.6 Å². The normalized spacial score (nSPS) is 13.1. The van der Waals surface area contributed by atoms with Crippen molar-refractivity contribution in [3.05, 3.63) is 0 Å². The first-order valence-corrected chi connectivity index (χ1v) is 34.0. The number of rotatable bonds is 29. The van der Waals surface area contributed by atoms with E-state index in [4.69, 9.17) is 16.5 Å². The number of carbonyl (C=O) groups excluding carboxylic acids is 1. The van der Waals surface area contributed by atoms with Crippen molar-refractivity contribution in [2.24, 2.45) is 0 Å². The predicted octanol–water partition coefficient (Wildman–Crippen LogP) is 8.90. The van der Waals surface area contributed by atoms with E-state index in [1.54, 1.807) is 4.90 Å². The van der Waals surface area contributed by atoms with E-state index >= 15 is 0 Å². The monoisotopic (exact) mass is 695 g/mol. The highest BCUT2D eigenvalue weighted by Crippen LogP contribution is 2.27. The van der Waals surface area contributed by atoms with Gasteiger partial charge in [-0.1, -0.05) is 77.0 Å². The summed E-state index contributed by atoms with van der Waals surface area (Å²) >= 11 is 0. The van der Waals surface area contributed by atoms with Crippen molar-refractivity contribution >= 4 is 59.0 Å². The molecule has 0 aliphatic heterocycles. The summed E-state index contributed by atoms with van der Waals surface area (Å²) in [5, 5.41) is 0. The first-order valence-electron chi connectivity index (χ1n) is 17.5. The maximum absolute atomic E-state index is 10.6. The lowest BCUT2D eigenvalue weighted by molar-refractivity contribution is -0.117. The number of hydrogen-bond acceptors (Lipinski definition) is 5. The minimum Gasteiger partial charge on any atom is -0.455 e. The molecule has 42 heavy (non-hydrogen) atoms. The van der Waals surface area contributed by atoms with Crippen LogP contribution >= 0.6 is 0 Å². The summed E-state index contributed by atoms with van der Waals surface area (Å²) in [6.07, 6.45) is 19.1. The Morgan fingerprint density at radius 3 is 1.17 bits per heavy atom. The third kappa shape index (κ3) is 24.9. The molecule has 0 spiro atoms. The lowest BCUT2D eigenvalue weighted by atomic mass is 10.1. The van der Waals surface area contributed by atoms with E-state index in [-0.39, 0.29) is 0 Å². The van der Waals surface area contributed by atoms with Crippen LogP contribution < -0.4 is 0 Å². The lowest BCUT2D eigenvalue weighted by Crippen LogP contribution is -2.53. The van der Waals surface area contributed by atoms with Gasteiger partial charge in [-0.2, -0.15) is 0 Å². The van der Waals surface area contributed by atoms with Gasteiger partial charge in [0.05, 0.1) is 0 Å². The van der Waals surface area contributed by atoms with E-state index in [0.29, 0.717) is 0 Å². The van der Waals surface area contributed by atoms with Crippen LogP contribution in [0.5, 0.6) is 0 Å². The Kier molecular flexibility index (Phi) is 24.2. The van der Waals surface area contributed by atoms with Gasteiger partial charge in [0.25, 0.3) is 0 Å². The van der Waals surface area contributed by atoms with Crippen molar-refractivity contribution in [2.45, 2.75) is 173 Å². The quantitative estimate of drug-likeness (QED) is 0.0445. The van der Waals surface area contributed by atoms with Crippen molar-refractivity contribution in [1.82, 2.24) is 4.90 Å². The summed E-state index contributed by atoms with van der Waals surface area (Å²) in [6.45, 7) is 24.2. The minimum absolute atomic E-state index is 0.895. The van der Waals surface area contributed by atoms with E-state index < -0.39 is 52.6 Å². The highest BCUT2D eigenvalue weighted by Gasteiger charge is 2.42. The van der Waals surface area contributed by atoms with Crippen molar-refractivity contribution in [3.63, 3.8) is 0 Å². The minimum atomic E-state index is -2.47. The van der Waals surface area contributed by atoms with Gasteiger partial charge in [0.15, 0.2) is 43.8 Å². The second-order valence-corrected chi connectivity index (χ2v) is 34.4. The molecule has 0 aromatic rings. The third-order valence-corrected chi connectivity index (χ3v) is 26.0. The molecule has 0 atom stereocenters. The Balaban J connectivity index is 4.12. The van der Waals surface area contributed by atoms with Gasteiger partial charge in [0.1, 0.15) is 0 Å². The molecule has 0 saturated heterocycles. The molecule has 0 aliphatic carbocycles. The fraction of sp³-hybridized carbons (Fsp3) is 0.967. The lowest BCUT2D eigenvalue weighted by Gasteiger charge is -2.35. The van der Waals surface area contributed by atoms with Gasteiger partial charge < -0.3 is 21.4 Å². The number of amides is 1. The van der Waals surface area contributed by atoms with Crippen LogP contribution in [-0.4, -0.2) is 77.5 Å². The largest absolute Gasteiger partial charge is 0.468 e. The van der Waals surface area contributed by atoms with E-state index in [1.165, 1.54) is 95.6 Å². The summed E-state index contributed by atoms with van der Waals surface area (Å²) in [4.78, 5) is 12.4. The summed E-state index contributed by atoms with van der Waals surface area (Å²) in [5.41, 5.74) is 0. The molecule has 6 nitrogen and oxygen atoms in total. The molecule has 0 aliphatic rings.